The number of rotatable bonds is 4. The van der Waals surface area contributed by atoms with Crippen molar-refractivity contribution in [2.45, 2.75) is 6.92 Å². The van der Waals surface area contributed by atoms with Crippen LogP contribution in [0.3, 0.4) is 0 Å². The van der Waals surface area contributed by atoms with E-state index in [1.807, 2.05) is 0 Å². The van der Waals surface area contributed by atoms with Crippen LogP contribution >= 0.6 is 11.3 Å². The second-order valence-corrected chi connectivity index (χ2v) is 4.49. The minimum Gasteiger partial charge on any atom is -0.461 e. The number of thiazole rings is 1. The molecule has 0 atom stereocenters. The van der Waals surface area contributed by atoms with Gasteiger partial charge in [0, 0.05) is 17.5 Å². The highest BCUT2D eigenvalue weighted by molar-refractivity contribution is 7.14. The van der Waals surface area contributed by atoms with E-state index in [9.17, 15) is 18.0 Å². The molecule has 1 N–H and O–H groups in total. The monoisotopic (exact) mass is 302 g/mol. The number of esters is 1. The lowest BCUT2D eigenvalue weighted by atomic mass is 10.3. The number of carbonyl (C=O) groups is 1. The maximum Gasteiger partial charge on any atom is 0.357 e. The van der Waals surface area contributed by atoms with Crippen LogP contribution in [0.5, 0.6) is 0 Å². The number of hydrogen-bond donors (Lipinski definition) is 1. The van der Waals surface area contributed by atoms with Gasteiger partial charge in [0.15, 0.2) is 22.5 Å². The summed E-state index contributed by atoms with van der Waals surface area (Å²) in [6, 6.07) is 1.23. The molecule has 0 radical (unpaired) electrons. The van der Waals surface area contributed by atoms with Gasteiger partial charge in [-0.3, -0.25) is 0 Å². The highest BCUT2D eigenvalue weighted by Gasteiger charge is 2.15. The first-order valence-electron chi connectivity index (χ1n) is 5.55. The maximum absolute atomic E-state index is 13.4. The van der Waals surface area contributed by atoms with Gasteiger partial charge < -0.3 is 10.1 Å². The van der Waals surface area contributed by atoms with E-state index >= 15 is 0 Å². The number of anilines is 2. The lowest BCUT2D eigenvalue weighted by molar-refractivity contribution is 0.0520. The van der Waals surface area contributed by atoms with Crippen molar-refractivity contribution in [1.29, 1.82) is 0 Å². The molecule has 1 aromatic heterocycles. The molecule has 4 nitrogen and oxygen atoms in total. The number of halogens is 3. The highest BCUT2D eigenvalue weighted by Crippen LogP contribution is 2.25. The molecule has 8 heteroatoms. The minimum absolute atomic E-state index is 0.0385. The van der Waals surface area contributed by atoms with Gasteiger partial charge >= 0.3 is 5.97 Å². The highest BCUT2D eigenvalue weighted by atomic mass is 32.1. The van der Waals surface area contributed by atoms with Gasteiger partial charge in [0.1, 0.15) is 5.82 Å². The number of nitrogens with one attached hydrogen (secondary N) is 1. The zero-order chi connectivity index (χ0) is 14.7. The number of ether oxygens (including phenoxy) is 1. The molecule has 0 aliphatic heterocycles. The number of aromatic nitrogens is 1. The Kier molecular flexibility index (Phi) is 4.23. The first-order valence-corrected chi connectivity index (χ1v) is 6.43. The molecule has 0 saturated carbocycles. The summed E-state index contributed by atoms with van der Waals surface area (Å²) in [6.07, 6.45) is 0. The predicted molar refractivity (Wildman–Crippen MR) is 67.7 cm³/mol. The lowest BCUT2D eigenvalue weighted by Crippen LogP contribution is -2.05. The standard InChI is InChI=1S/C12H9F3N2O2S/c1-2-19-11(18)9-5-20-12(17-9)16-8-4-6(13)3-7(14)10(8)15/h3-5H,2H2,1H3,(H,16,17). The van der Waals surface area contributed by atoms with E-state index in [-0.39, 0.29) is 17.4 Å². The van der Waals surface area contributed by atoms with Crippen LogP contribution in [0.1, 0.15) is 17.4 Å². The van der Waals surface area contributed by atoms with Crippen LogP contribution in [0.2, 0.25) is 0 Å². The van der Waals surface area contributed by atoms with Crippen LogP contribution in [-0.4, -0.2) is 17.6 Å². The molecule has 0 spiro atoms. The zero-order valence-electron chi connectivity index (χ0n) is 10.2. The molecule has 20 heavy (non-hydrogen) atoms. The molecule has 0 unspecified atom stereocenters. The molecule has 0 fully saturated rings. The van der Waals surface area contributed by atoms with Crippen LogP contribution in [0, 0.1) is 17.5 Å². The second-order valence-electron chi connectivity index (χ2n) is 3.63. The van der Waals surface area contributed by atoms with Gasteiger partial charge in [0.2, 0.25) is 0 Å². The van der Waals surface area contributed by atoms with Gasteiger partial charge in [-0.1, -0.05) is 0 Å². The summed E-state index contributed by atoms with van der Waals surface area (Å²) in [7, 11) is 0. The van der Waals surface area contributed by atoms with E-state index in [1.165, 1.54) is 5.38 Å². The second kappa shape index (κ2) is 5.91. The Morgan fingerprint density at radius 2 is 2.15 bits per heavy atom. The third-order valence-electron chi connectivity index (χ3n) is 2.22. The number of benzene rings is 1. The summed E-state index contributed by atoms with van der Waals surface area (Å²) in [5.41, 5.74) is -0.358. The fourth-order valence-electron chi connectivity index (χ4n) is 1.39. The average molecular weight is 302 g/mol. The van der Waals surface area contributed by atoms with Crippen molar-refractivity contribution in [3.05, 3.63) is 40.7 Å². The van der Waals surface area contributed by atoms with E-state index in [0.29, 0.717) is 6.07 Å². The van der Waals surface area contributed by atoms with Crippen LogP contribution in [0.4, 0.5) is 24.0 Å². The summed E-state index contributed by atoms with van der Waals surface area (Å²) in [6.45, 7) is 1.84. The van der Waals surface area contributed by atoms with Crippen molar-refractivity contribution >= 4 is 28.1 Å². The Hall–Kier alpha value is -2.09. The molecule has 2 rings (SSSR count). The Morgan fingerprint density at radius 1 is 1.40 bits per heavy atom. The van der Waals surface area contributed by atoms with Crippen LogP contribution in [0.25, 0.3) is 0 Å². The van der Waals surface area contributed by atoms with Gasteiger partial charge in [0.25, 0.3) is 0 Å². The molecule has 0 bridgehead atoms. The summed E-state index contributed by atoms with van der Waals surface area (Å²) in [5, 5.41) is 3.93. The van der Waals surface area contributed by atoms with Gasteiger partial charge in [-0.05, 0) is 6.92 Å². The third-order valence-corrected chi connectivity index (χ3v) is 2.98. The van der Waals surface area contributed by atoms with Crippen LogP contribution in [0.15, 0.2) is 17.5 Å². The summed E-state index contributed by atoms with van der Waals surface area (Å²) < 4.78 is 44.2. The van der Waals surface area contributed by atoms with E-state index in [2.05, 4.69) is 10.3 Å². The van der Waals surface area contributed by atoms with Crippen LogP contribution < -0.4 is 5.32 Å². The molecule has 0 aliphatic rings. The SMILES string of the molecule is CCOC(=O)c1csc(Nc2cc(F)cc(F)c2F)n1. The molecule has 0 amide bonds. The van der Waals surface area contributed by atoms with Gasteiger partial charge in [-0.2, -0.15) is 0 Å². The first kappa shape index (κ1) is 14.3. The van der Waals surface area contributed by atoms with Crippen molar-refractivity contribution in [1.82, 2.24) is 4.98 Å². The lowest BCUT2D eigenvalue weighted by Gasteiger charge is -2.05. The average Bonchev–Trinajstić information content (AvgIpc) is 2.84. The van der Waals surface area contributed by atoms with E-state index in [0.717, 1.165) is 17.4 Å². The van der Waals surface area contributed by atoms with Gasteiger partial charge in [-0.15, -0.1) is 11.3 Å². The van der Waals surface area contributed by atoms with E-state index in [4.69, 9.17) is 4.74 Å². The van der Waals surface area contributed by atoms with Crippen molar-refractivity contribution < 1.29 is 22.7 Å². The van der Waals surface area contributed by atoms with E-state index < -0.39 is 29.1 Å². The molecule has 2 aromatic rings. The maximum atomic E-state index is 13.4. The molecule has 0 aliphatic carbocycles. The fourth-order valence-corrected chi connectivity index (χ4v) is 2.08. The van der Waals surface area contributed by atoms with Crippen molar-refractivity contribution in [2.24, 2.45) is 0 Å². The van der Waals surface area contributed by atoms with Crippen molar-refractivity contribution in [2.75, 3.05) is 11.9 Å². The summed E-state index contributed by atoms with van der Waals surface area (Å²) in [5.74, 6) is -4.08. The normalized spacial score (nSPS) is 10.4. The van der Waals surface area contributed by atoms with Crippen molar-refractivity contribution in [3.8, 4) is 0 Å². The topological polar surface area (TPSA) is 51.2 Å². The number of carbonyl (C=O) groups excluding carboxylic acids is 1. The first-order chi connectivity index (χ1) is 9.51. The third kappa shape index (κ3) is 3.08. The smallest absolute Gasteiger partial charge is 0.357 e. The summed E-state index contributed by atoms with van der Waals surface area (Å²) in [4.78, 5) is 15.2. The molecule has 1 heterocycles. The number of hydrogen-bond acceptors (Lipinski definition) is 5. The van der Waals surface area contributed by atoms with Gasteiger partial charge in [-0.25, -0.2) is 22.9 Å². The van der Waals surface area contributed by atoms with Gasteiger partial charge in [0.05, 0.1) is 12.3 Å². The largest absolute Gasteiger partial charge is 0.461 e. The molecule has 1 aromatic carbocycles. The molecule has 0 saturated heterocycles. The van der Waals surface area contributed by atoms with Crippen molar-refractivity contribution in [3.63, 3.8) is 0 Å². The Balaban J connectivity index is 2.21. The Bertz CT molecular complexity index is 646. The predicted octanol–water partition coefficient (Wildman–Crippen LogP) is 3.48. The minimum atomic E-state index is -1.31. The van der Waals surface area contributed by atoms with E-state index in [1.54, 1.807) is 6.92 Å². The quantitative estimate of drug-likeness (QED) is 0.694. The fraction of sp³-hybridized carbons (Fsp3) is 0.167. The zero-order valence-corrected chi connectivity index (χ0v) is 11.1. The van der Waals surface area contributed by atoms with Crippen LogP contribution in [-0.2, 0) is 4.74 Å². The number of nitrogens with zero attached hydrogens (tertiary/aromatic N) is 1. The Morgan fingerprint density at radius 3 is 2.85 bits per heavy atom. The molecule has 106 valence electrons. The molecular formula is C12H9F3N2O2S. The summed E-state index contributed by atoms with van der Waals surface area (Å²) >= 11 is 0.984. The molecular weight excluding hydrogens is 293 g/mol. The Labute approximate surface area is 116 Å².